The van der Waals surface area contributed by atoms with Gasteiger partial charge < -0.3 is 15.1 Å². The molecule has 0 atom stereocenters. The number of piperidine rings is 1. The molecule has 2 rings (SSSR count). The first-order chi connectivity index (χ1) is 9.65. The summed E-state index contributed by atoms with van der Waals surface area (Å²) in [5, 5.41) is 3.22. The van der Waals surface area contributed by atoms with Crippen molar-refractivity contribution < 1.29 is 0 Å². The number of likely N-dealkylation sites (tertiary alicyclic amines) is 1. The topological polar surface area (TPSA) is 18.5 Å². The van der Waals surface area contributed by atoms with Crippen molar-refractivity contribution in [3.8, 4) is 0 Å². The lowest BCUT2D eigenvalue weighted by Crippen LogP contribution is -2.43. The minimum absolute atomic E-state index is 0.687. The number of hydrogen-bond donors (Lipinski definition) is 1. The van der Waals surface area contributed by atoms with Crippen LogP contribution in [0.1, 0.15) is 30.9 Å². The van der Waals surface area contributed by atoms with Gasteiger partial charge in [0.25, 0.3) is 0 Å². The minimum Gasteiger partial charge on any atom is -0.371 e. The van der Waals surface area contributed by atoms with Crippen LogP contribution in [-0.4, -0.2) is 44.7 Å². The van der Waals surface area contributed by atoms with Crippen molar-refractivity contribution in [2.45, 2.75) is 39.3 Å². The predicted molar refractivity (Wildman–Crippen MR) is 87.5 cm³/mol. The maximum absolute atomic E-state index is 3.22. The lowest BCUT2D eigenvalue weighted by atomic mass is 10.0. The molecule has 0 bridgehead atoms. The molecule has 0 aliphatic carbocycles. The molecule has 0 saturated carbocycles. The Kier molecular flexibility index (Phi) is 5.44. The van der Waals surface area contributed by atoms with E-state index in [0.717, 1.165) is 6.54 Å². The van der Waals surface area contributed by atoms with Gasteiger partial charge in [0.1, 0.15) is 0 Å². The van der Waals surface area contributed by atoms with Gasteiger partial charge in [-0.05, 0) is 50.6 Å². The van der Waals surface area contributed by atoms with Crippen LogP contribution in [0.5, 0.6) is 0 Å². The van der Waals surface area contributed by atoms with Crippen LogP contribution in [0.15, 0.2) is 18.2 Å². The molecule has 3 heteroatoms. The molecule has 1 aromatic rings. The largest absolute Gasteiger partial charge is 0.371 e. The predicted octanol–water partition coefficient (Wildman–Crippen LogP) is 2.63. The van der Waals surface area contributed by atoms with E-state index in [0.29, 0.717) is 6.04 Å². The quantitative estimate of drug-likeness (QED) is 0.891. The highest BCUT2D eigenvalue weighted by Crippen LogP contribution is 2.26. The maximum atomic E-state index is 3.22. The number of nitrogens with one attached hydrogen (secondary N) is 1. The van der Waals surface area contributed by atoms with E-state index in [1.165, 1.54) is 49.3 Å². The number of nitrogens with zero attached hydrogens (tertiary/aromatic N) is 2. The Hall–Kier alpha value is -1.06. The minimum atomic E-state index is 0.687. The van der Waals surface area contributed by atoms with E-state index in [9.17, 15) is 0 Å². The molecule has 3 nitrogen and oxygen atoms in total. The molecule has 0 aromatic heterocycles. The summed E-state index contributed by atoms with van der Waals surface area (Å²) in [6, 6.07) is 7.53. The van der Waals surface area contributed by atoms with Crippen LogP contribution in [0.4, 0.5) is 5.69 Å². The summed E-state index contributed by atoms with van der Waals surface area (Å²) in [6.45, 7) is 9.10. The van der Waals surface area contributed by atoms with Crippen LogP contribution in [0.2, 0.25) is 0 Å². The van der Waals surface area contributed by atoms with Gasteiger partial charge >= 0.3 is 0 Å². The van der Waals surface area contributed by atoms with Gasteiger partial charge in [0.05, 0.1) is 0 Å². The molecule has 1 aromatic carbocycles. The fourth-order valence-electron chi connectivity index (χ4n) is 3.25. The van der Waals surface area contributed by atoms with E-state index in [1.54, 1.807) is 0 Å². The summed E-state index contributed by atoms with van der Waals surface area (Å²) in [5.74, 6) is 0. The van der Waals surface area contributed by atoms with E-state index in [2.05, 4.69) is 54.2 Å². The monoisotopic (exact) mass is 275 g/mol. The summed E-state index contributed by atoms with van der Waals surface area (Å²) in [5.41, 5.74) is 4.14. The Morgan fingerprint density at radius 3 is 2.55 bits per heavy atom. The molecule has 1 fully saturated rings. The van der Waals surface area contributed by atoms with Gasteiger partial charge in [-0.15, -0.1) is 0 Å². The third kappa shape index (κ3) is 3.53. The molecule has 0 amide bonds. The molecule has 112 valence electrons. The average Bonchev–Trinajstić information content (AvgIpc) is 2.47. The van der Waals surface area contributed by atoms with Gasteiger partial charge in [-0.3, -0.25) is 0 Å². The summed E-state index contributed by atoms with van der Waals surface area (Å²) >= 11 is 0. The summed E-state index contributed by atoms with van der Waals surface area (Å²) < 4.78 is 0. The van der Waals surface area contributed by atoms with Crippen LogP contribution in [0.25, 0.3) is 0 Å². The van der Waals surface area contributed by atoms with Crippen LogP contribution in [0.3, 0.4) is 0 Å². The van der Waals surface area contributed by atoms with Crippen molar-refractivity contribution in [3.05, 3.63) is 29.3 Å². The molecular formula is C17H29N3. The Morgan fingerprint density at radius 1 is 1.30 bits per heavy atom. The van der Waals surface area contributed by atoms with Crippen molar-refractivity contribution >= 4 is 5.69 Å². The number of benzene rings is 1. The van der Waals surface area contributed by atoms with Crippen molar-refractivity contribution in [1.29, 1.82) is 0 Å². The standard InChI is InChI=1S/C17H29N3/c1-5-20-10-8-16(9-11-20)19(4)17-7-6-15(13-18-3)12-14(17)2/h6-7,12,16,18H,5,8-11,13H2,1-4H3. The van der Waals surface area contributed by atoms with E-state index in [-0.39, 0.29) is 0 Å². The Bertz CT molecular complexity index is 422. The highest BCUT2D eigenvalue weighted by Gasteiger charge is 2.22. The van der Waals surface area contributed by atoms with E-state index < -0.39 is 0 Å². The van der Waals surface area contributed by atoms with Crippen LogP contribution >= 0.6 is 0 Å². The summed E-state index contributed by atoms with van der Waals surface area (Å²) in [4.78, 5) is 5.04. The number of hydrogen-bond acceptors (Lipinski definition) is 3. The van der Waals surface area contributed by atoms with Gasteiger partial charge in [0.15, 0.2) is 0 Å². The number of anilines is 1. The lowest BCUT2D eigenvalue weighted by Gasteiger charge is -2.38. The molecule has 0 unspecified atom stereocenters. The molecule has 1 aliphatic rings. The van der Waals surface area contributed by atoms with Gasteiger partial charge in [-0.2, -0.15) is 0 Å². The molecule has 1 aliphatic heterocycles. The van der Waals surface area contributed by atoms with Crippen molar-refractivity contribution in [2.75, 3.05) is 38.6 Å². The van der Waals surface area contributed by atoms with Gasteiger partial charge in [-0.1, -0.05) is 19.1 Å². The van der Waals surface area contributed by atoms with Gasteiger partial charge in [0.2, 0.25) is 0 Å². The van der Waals surface area contributed by atoms with Crippen LogP contribution in [0, 0.1) is 6.92 Å². The SMILES string of the molecule is CCN1CCC(N(C)c2ccc(CNC)cc2C)CC1. The van der Waals surface area contributed by atoms with Crippen molar-refractivity contribution in [3.63, 3.8) is 0 Å². The first-order valence-corrected chi connectivity index (χ1v) is 7.85. The smallest absolute Gasteiger partial charge is 0.0396 e. The van der Waals surface area contributed by atoms with Crippen LogP contribution < -0.4 is 10.2 Å². The zero-order valence-electron chi connectivity index (χ0n) is 13.4. The lowest BCUT2D eigenvalue weighted by molar-refractivity contribution is 0.221. The fraction of sp³-hybridized carbons (Fsp3) is 0.647. The van der Waals surface area contributed by atoms with Crippen LogP contribution in [-0.2, 0) is 6.54 Å². The third-order valence-electron chi connectivity index (χ3n) is 4.57. The molecule has 1 heterocycles. The number of aryl methyl sites for hydroxylation is 1. The summed E-state index contributed by atoms with van der Waals surface area (Å²) in [7, 11) is 4.25. The van der Waals surface area contributed by atoms with E-state index >= 15 is 0 Å². The fourth-order valence-corrected chi connectivity index (χ4v) is 3.25. The summed E-state index contributed by atoms with van der Waals surface area (Å²) in [6.07, 6.45) is 2.56. The molecular weight excluding hydrogens is 246 g/mol. The number of rotatable bonds is 5. The second-order valence-electron chi connectivity index (χ2n) is 5.93. The molecule has 0 spiro atoms. The van der Waals surface area contributed by atoms with E-state index in [1.807, 2.05) is 7.05 Å². The Balaban J connectivity index is 2.03. The highest BCUT2D eigenvalue weighted by molar-refractivity contribution is 5.54. The second-order valence-corrected chi connectivity index (χ2v) is 5.93. The Morgan fingerprint density at radius 2 is 2.00 bits per heavy atom. The first-order valence-electron chi connectivity index (χ1n) is 7.85. The van der Waals surface area contributed by atoms with Crippen molar-refractivity contribution in [1.82, 2.24) is 10.2 Å². The first kappa shape index (κ1) is 15.3. The zero-order valence-corrected chi connectivity index (χ0v) is 13.4. The third-order valence-corrected chi connectivity index (χ3v) is 4.57. The molecule has 1 saturated heterocycles. The van der Waals surface area contributed by atoms with Gasteiger partial charge in [-0.25, -0.2) is 0 Å². The molecule has 20 heavy (non-hydrogen) atoms. The normalized spacial score (nSPS) is 17.4. The highest BCUT2D eigenvalue weighted by atomic mass is 15.2. The average molecular weight is 275 g/mol. The molecule has 1 N–H and O–H groups in total. The van der Waals surface area contributed by atoms with Gasteiger partial charge in [0, 0.05) is 38.4 Å². The van der Waals surface area contributed by atoms with Crippen molar-refractivity contribution in [2.24, 2.45) is 0 Å². The zero-order chi connectivity index (χ0) is 14.5. The second kappa shape index (κ2) is 7.09. The molecule has 0 radical (unpaired) electrons. The van der Waals surface area contributed by atoms with E-state index in [4.69, 9.17) is 0 Å². The maximum Gasteiger partial charge on any atom is 0.0396 e. The Labute approximate surface area is 124 Å².